The van der Waals surface area contributed by atoms with E-state index in [9.17, 15) is 14.4 Å². The van der Waals surface area contributed by atoms with E-state index in [0.717, 1.165) is 5.56 Å². The van der Waals surface area contributed by atoms with Gasteiger partial charge in [-0.15, -0.1) is 0 Å². The van der Waals surface area contributed by atoms with Gasteiger partial charge in [-0.2, -0.15) is 0 Å². The number of halogens is 1. The Kier molecular flexibility index (Phi) is 6.70. The van der Waals surface area contributed by atoms with Gasteiger partial charge in [0.25, 0.3) is 17.7 Å². The van der Waals surface area contributed by atoms with Gasteiger partial charge < -0.3 is 10.5 Å². The van der Waals surface area contributed by atoms with Crippen molar-refractivity contribution in [2.75, 3.05) is 6.61 Å². The predicted molar refractivity (Wildman–Crippen MR) is 128 cm³/mol. The van der Waals surface area contributed by atoms with Crippen LogP contribution in [0.15, 0.2) is 78.9 Å². The number of para-hydroxylation sites is 1. The van der Waals surface area contributed by atoms with Crippen LogP contribution >= 0.6 is 11.6 Å². The van der Waals surface area contributed by atoms with E-state index in [1.165, 1.54) is 24.3 Å². The highest BCUT2D eigenvalue weighted by Gasteiger charge is 2.15. The lowest BCUT2D eigenvalue weighted by Crippen LogP contribution is -2.41. The highest BCUT2D eigenvalue weighted by Crippen LogP contribution is 2.26. The molecule has 0 saturated carbocycles. The number of pyridine rings is 1. The Hall–Kier alpha value is -4.43. The number of carbonyl (C=O) groups excluding carboxylic acids is 3. The summed E-state index contributed by atoms with van der Waals surface area (Å²) in [4.78, 5) is 40.9. The second-order valence-electron chi connectivity index (χ2n) is 7.27. The van der Waals surface area contributed by atoms with E-state index in [1.54, 1.807) is 24.3 Å². The van der Waals surface area contributed by atoms with Crippen LogP contribution in [0.5, 0.6) is 5.75 Å². The number of fused-ring (bicyclic) bond motifs is 1. The van der Waals surface area contributed by atoms with Gasteiger partial charge in [0.15, 0.2) is 6.61 Å². The molecular formula is C25H19ClN4O4. The van der Waals surface area contributed by atoms with Crippen molar-refractivity contribution in [1.29, 1.82) is 0 Å². The lowest BCUT2D eigenvalue weighted by molar-refractivity contribution is -0.119. The molecule has 0 radical (unpaired) electrons. The minimum atomic E-state index is -0.604. The molecule has 0 aliphatic heterocycles. The Labute approximate surface area is 199 Å². The van der Waals surface area contributed by atoms with Gasteiger partial charge in [0.1, 0.15) is 5.75 Å². The third kappa shape index (κ3) is 5.31. The van der Waals surface area contributed by atoms with Crippen LogP contribution in [0.3, 0.4) is 0 Å². The van der Waals surface area contributed by atoms with Gasteiger partial charge in [-0.3, -0.25) is 25.2 Å². The topological polar surface area (TPSA) is 123 Å². The van der Waals surface area contributed by atoms with Crippen molar-refractivity contribution in [3.05, 3.63) is 95.0 Å². The summed E-state index contributed by atoms with van der Waals surface area (Å²) in [6.07, 6.45) is 0. The van der Waals surface area contributed by atoms with Crippen LogP contribution in [0, 0.1) is 0 Å². The molecule has 0 aliphatic carbocycles. The van der Waals surface area contributed by atoms with Gasteiger partial charge in [-0.25, -0.2) is 4.98 Å². The van der Waals surface area contributed by atoms with Gasteiger partial charge >= 0.3 is 0 Å². The van der Waals surface area contributed by atoms with Crippen molar-refractivity contribution in [2.24, 2.45) is 5.73 Å². The molecule has 1 heterocycles. The highest BCUT2D eigenvalue weighted by atomic mass is 35.5. The Morgan fingerprint density at radius 1 is 0.882 bits per heavy atom. The number of primary amides is 1. The number of benzene rings is 3. The summed E-state index contributed by atoms with van der Waals surface area (Å²) >= 11 is 5.98. The molecule has 3 aromatic carbocycles. The Morgan fingerprint density at radius 2 is 1.56 bits per heavy atom. The molecule has 9 heteroatoms. The van der Waals surface area contributed by atoms with Crippen molar-refractivity contribution in [3.8, 4) is 17.0 Å². The molecule has 0 spiro atoms. The van der Waals surface area contributed by atoms with E-state index >= 15 is 0 Å². The van der Waals surface area contributed by atoms with Crippen LogP contribution in [0.25, 0.3) is 22.2 Å². The number of nitrogens with one attached hydrogen (secondary N) is 2. The van der Waals surface area contributed by atoms with E-state index in [2.05, 4.69) is 15.8 Å². The maximum atomic E-state index is 13.0. The van der Waals surface area contributed by atoms with Crippen molar-refractivity contribution in [2.45, 2.75) is 0 Å². The van der Waals surface area contributed by atoms with Crippen LogP contribution in [0.4, 0.5) is 0 Å². The van der Waals surface area contributed by atoms with E-state index in [-0.39, 0.29) is 12.2 Å². The Morgan fingerprint density at radius 3 is 2.26 bits per heavy atom. The predicted octanol–water partition coefficient (Wildman–Crippen LogP) is 3.49. The monoisotopic (exact) mass is 474 g/mol. The molecule has 0 aliphatic rings. The summed E-state index contributed by atoms with van der Waals surface area (Å²) in [7, 11) is 0. The quantitative estimate of drug-likeness (QED) is 0.369. The van der Waals surface area contributed by atoms with Crippen molar-refractivity contribution >= 4 is 40.2 Å². The number of amides is 3. The zero-order valence-corrected chi connectivity index (χ0v) is 18.5. The van der Waals surface area contributed by atoms with Gasteiger partial charge in [0, 0.05) is 21.5 Å². The van der Waals surface area contributed by atoms with E-state index < -0.39 is 17.7 Å². The molecule has 3 amide bonds. The number of hydrogen-bond donors (Lipinski definition) is 3. The zero-order chi connectivity index (χ0) is 24.1. The number of nitrogens with zero attached hydrogens (tertiary/aromatic N) is 1. The van der Waals surface area contributed by atoms with Crippen LogP contribution in [0.1, 0.15) is 20.7 Å². The molecule has 8 nitrogen and oxygen atoms in total. The molecule has 0 atom stereocenters. The standard InChI is InChI=1S/C25H19ClN4O4/c26-17-9-5-15(6-10-17)22-13-20(19-3-1-2-4-21(19)28-22)25(33)30-29-24(32)16-7-11-18(12-8-16)34-14-23(27)31/h1-13H,14H2,(H2,27,31)(H,29,32)(H,30,33). The molecular weight excluding hydrogens is 456 g/mol. The fraction of sp³-hybridized carbons (Fsp3) is 0.0400. The number of hydrazine groups is 1. The van der Waals surface area contributed by atoms with E-state index in [1.807, 2.05) is 30.3 Å². The van der Waals surface area contributed by atoms with Crippen LogP contribution in [-0.4, -0.2) is 29.3 Å². The van der Waals surface area contributed by atoms with Gasteiger partial charge in [0.05, 0.1) is 16.8 Å². The number of ether oxygens (including phenoxy) is 1. The smallest absolute Gasteiger partial charge is 0.270 e. The summed E-state index contributed by atoms with van der Waals surface area (Å²) in [6, 6.07) is 22.1. The number of rotatable bonds is 6. The summed E-state index contributed by atoms with van der Waals surface area (Å²) in [6.45, 7) is -0.264. The maximum Gasteiger partial charge on any atom is 0.270 e. The minimum absolute atomic E-state index is 0.264. The fourth-order valence-corrected chi connectivity index (χ4v) is 3.37. The fourth-order valence-electron chi connectivity index (χ4n) is 3.24. The molecule has 0 fully saturated rings. The SMILES string of the molecule is NC(=O)COc1ccc(C(=O)NNC(=O)c2cc(-c3ccc(Cl)cc3)nc3ccccc23)cc1. The average Bonchev–Trinajstić information content (AvgIpc) is 2.86. The first-order valence-corrected chi connectivity index (χ1v) is 10.6. The lowest BCUT2D eigenvalue weighted by Gasteiger charge is -2.12. The van der Waals surface area contributed by atoms with Gasteiger partial charge in [-0.1, -0.05) is 41.9 Å². The molecule has 0 unspecified atom stereocenters. The second kappa shape index (κ2) is 10.0. The molecule has 34 heavy (non-hydrogen) atoms. The number of aromatic nitrogens is 1. The molecule has 0 bridgehead atoms. The number of hydrogen-bond acceptors (Lipinski definition) is 5. The van der Waals surface area contributed by atoms with E-state index in [4.69, 9.17) is 22.1 Å². The normalized spacial score (nSPS) is 10.5. The molecule has 4 aromatic rings. The summed E-state index contributed by atoms with van der Waals surface area (Å²) in [5.74, 6) is -1.24. The highest BCUT2D eigenvalue weighted by molar-refractivity contribution is 6.30. The molecule has 0 saturated heterocycles. The number of nitrogens with two attached hydrogens (primary N) is 1. The van der Waals surface area contributed by atoms with Crippen LogP contribution < -0.4 is 21.3 Å². The molecule has 1 aromatic heterocycles. The van der Waals surface area contributed by atoms with Crippen molar-refractivity contribution in [3.63, 3.8) is 0 Å². The largest absolute Gasteiger partial charge is 0.484 e. The second-order valence-corrected chi connectivity index (χ2v) is 7.70. The molecule has 4 rings (SSSR count). The van der Waals surface area contributed by atoms with Crippen molar-refractivity contribution in [1.82, 2.24) is 15.8 Å². The third-order valence-corrected chi connectivity index (χ3v) is 5.14. The first-order chi connectivity index (χ1) is 16.4. The number of carbonyl (C=O) groups is 3. The third-order valence-electron chi connectivity index (χ3n) is 4.89. The van der Waals surface area contributed by atoms with Gasteiger partial charge in [0.2, 0.25) is 0 Å². The first kappa shape index (κ1) is 22.8. The Balaban J connectivity index is 1.52. The summed E-state index contributed by atoms with van der Waals surface area (Å²) < 4.78 is 5.16. The Bertz CT molecular complexity index is 1370. The average molecular weight is 475 g/mol. The van der Waals surface area contributed by atoms with Crippen LogP contribution in [-0.2, 0) is 4.79 Å². The molecule has 170 valence electrons. The van der Waals surface area contributed by atoms with E-state index in [0.29, 0.717) is 32.9 Å². The summed E-state index contributed by atoms with van der Waals surface area (Å²) in [5, 5.41) is 1.24. The van der Waals surface area contributed by atoms with Gasteiger partial charge in [-0.05, 0) is 48.5 Å². The molecule has 4 N–H and O–H groups in total. The minimum Gasteiger partial charge on any atom is -0.484 e. The summed E-state index contributed by atoms with van der Waals surface area (Å²) in [5.41, 5.74) is 12.6. The first-order valence-electron chi connectivity index (χ1n) is 10.2. The maximum absolute atomic E-state index is 13.0. The van der Waals surface area contributed by atoms with Crippen LogP contribution in [0.2, 0.25) is 5.02 Å². The zero-order valence-electron chi connectivity index (χ0n) is 17.7. The lowest BCUT2D eigenvalue weighted by atomic mass is 10.0. The van der Waals surface area contributed by atoms with Crippen molar-refractivity contribution < 1.29 is 19.1 Å².